The monoisotopic (exact) mass is 404 g/mol. The highest BCUT2D eigenvalue weighted by Gasteiger charge is 2.31. The summed E-state index contributed by atoms with van der Waals surface area (Å²) in [4.78, 5) is 17.7. The van der Waals surface area contributed by atoms with E-state index < -0.39 is 11.7 Å². The maximum Gasteiger partial charge on any atom is 0.417 e. The molecule has 29 heavy (non-hydrogen) atoms. The number of hydrogen-bond donors (Lipinski definition) is 0. The topological polar surface area (TPSA) is 58.8 Å². The summed E-state index contributed by atoms with van der Waals surface area (Å²) in [6.07, 6.45) is -0.253. The molecule has 0 aliphatic carbocycles. The number of anilines is 1. The van der Waals surface area contributed by atoms with Crippen molar-refractivity contribution in [1.29, 1.82) is 0 Å². The summed E-state index contributed by atoms with van der Waals surface area (Å²) in [6.45, 7) is 5.12. The van der Waals surface area contributed by atoms with Crippen molar-refractivity contribution in [3.8, 4) is 11.5 Å². The molecule has 10 heteroatoms. The van der Waals surface area contributed by atoms with Crippen molar-refractivity contribution in [2.45, 2.75) is 12.2 Å². The van der Waals surface area contributed by atoms with Gasteiger partial charge in [0.15, 0.2) is 5.82 Å². The number of piperazine rings is 1. The summed E-state index contributed by atoms with van der Waals surface area (Å²) in [6, 6.07) is 4.71. The van der Waals surface area contributed by atoms with Crippen molar-refractivity contribution in [3.63, 3.8) is 0 Å². The molecule has 0 atom stereocenters. The lowest BCUT2D eigenvalue weighted by molar-refractivity contribution is -0.137. The minimum absolute atomic E-state index is 0.351. The molecule has 0 aromatic carbocycles. The van der Waals surface area contributed by atoms with E-state index in [1.165, 1.54) is 16.7 Å². The van der Waals surface area contributed by atoms with E-state index >= 15 is 0 Å². The van der Waals surface area contributed by atoms with Gasteiger partial charge in [0.25, 0.3) is 0 Å². The zero-order valence-electron chi connectivity index (χ0n) is 15.5. The number of halogens is 3. The van der Waals surface area contributed by atoms with Crippen LogP contribution in [0.3, 0.4) is 0 Å². The lowest BCUT2D eigenvalue weighted by Crippen LogP contribution is -2.56. The van der Waals surface area contributed by atoms with Gasteiger partial charge in [-0.15, -0.1) is 0 Å². The molecule has 2 aliphatic heterocycles. The highest BCUT2D eigenvalue weighted by Crippen LogP contribution is 2.30. The van der Waals surface area contributed by atoms with Gasteiger partial charge in [-0.05, 0) is 18.2 Å². The lowest BCUT2D eigenvalue weighted by atomic mass is 10.2. The maximum absolute atomic E-state index is 13.1. The van der Waals surface area contributed by atoms with E-state index in [2.05, 4.69) is 24.8 Å². The molecule has 2 aliphatic rings. The van der Waals surface area contributed by atoms with Crippen LogP contribution in [0.1, 0.15) is 5.56 Å². The van der Waals surface area contributed by atoms with Gasteiger partial charge in [-0.1, -0.05) is 0 Å². The number of pyridine rings is 1. The lowest BCUT2D eigenvalue weighted by Gasteiger charge is -2.42. The fraction of sp³-hybridized carbons (Fsp3) is 0.421. The third-order valence-corrected chi connectivity index (χ3v) is 5.48. The molecule has 3 aromatic rings. The maximum atomic E-state index is 13.1. The van der Waals surface area contributed by atoms with Gasteiger partial charge in [-0.3, -0.25) is 9.30 Å². The third-order valence-electron chi connectivity index (χ3n) is 5.48. The second-order valence-corrected chi connectivity index (χ2v) is 7.24. The molecular formula is C19H19F3N6O. The van der Waals surface area contributed by atoms with Gasteiger partial charge in [-0.25, -0.2) is 15.0 Å². The molecule has 152 valence electrons. The summed E-state index contributed by atoms with van der Waals surface area (Å²) >= 11 is 0. The first-order valence-electron chi connectivity index (χ1n) is 9.43. The molecule has 0 N–H and O–H groups in total. The van der Waals surface area contributed by atoms with E-state index in [0.717, 1.165) is 57.5 Å². The van der Waals surface area contributed by atoms with E-state index in [1.54, 1.807) is 6.20 Å². The van der Waals surface area contributed by atoms with Crippen molar-refractivity contribution < 1.29 is 17.9 Å². The zero-order valence-corrected chi connectivity index (χ0v) is 15.5. The number of aromatic nitrogens is 4. The van der Waals surface area contributed by atoms with Gasteiger partial charge in [0.1, 0.15) is 17.2 Å². The van der Waals surface area contributed by atoms with Gasteiger partial charge in [0, 0.05) is 38.6 Å². The Hall–Kier alpha value is -2.72. The first kappa shape index (κ1) is 18.3. The molecule has 3 aromatic heterocycles. The van der Waals surface area contributed by atoms with Crippen LogP contribution in [-0.4, -0.2) is 69.7 Å². The Bertz CT molecular complexity index is 1020. The number of hydrogen-bond acceptors (Lipinski definition) is 6. The Morgan fingerprint density at radius 3 is 2.48 bits per heavy atom. The van der Waals surface area contributed by atoms with Crippen LogP contribution in [0, 0.1) is 0 Å². The number of fused-ring (bicyclic) bond motifs is 1. The van der Waals surface area contributed by atoms with E-state index in [0.29, 0.717) is 23.2 Å². The molecule has 5 rings (SSSR count). The summed E-state index contributed by atoms with van der Waals surface area (Å²) in [5, 5.41) is 0. The smallest absolute Gasteiger partial charge is 0.378 e. The summed E-state index contributed by atoms with van der Waals surface area (Å²) in [7, 11) is 0. The van der Waals surface area contributed by atoms with Crippen LogP contribution in [0.25, 0.3) is 17.2 Å². The number of rotatable bonds is 3. The van der Waals surface area contributed by atoms with E-state index in [9.17, 15) is 13.2 Å². The molecule has 5 heterocycles. The molecular weight excluding hydrogens is 385 g/mol. The Balaban J connectivity index is 1.41. The van der Waals surface area contributed by atoms with Gasteiger partial charge in [0.2, 0.25) is 0 Å². The number of nitrogens with zero attached hydrogens (tertiary/aromatic N) is 6. The van der Waals surface area contributed by atoms with Crippen molar-refractivity contribution in [2.75, 3.05) is 44.3 Å². The van der Waals surface area contributed by atoms with E-state index in [1.807, 2.05) is 6.07 Å². The third kappa shape index (κ3) is 3.42. The van der Waals surface area contributed by atoms with Crippen LogP contribution in [0.15, 0.2) is 36.8 Å². The normalized spacial score (nSPS) is 18.9. The largest absolute Gasteiger partial charge is 0.417 e. The average Bonchev–Trinajstić information content (AvgIpc) is 3.10. The highest BCUT2D eigenvalue weighted by atomic mass is 19.4. The molecule has 0 bridgehead atoms. The van der Waals surface area contributed by atoms with Crippen molar-refractivity contribution in [2.24, 2.45) is 0 Å². The first-order chi connectivity index (χ1) is 14.0. The van der Waals surface area contributed by atoms with Crippen LogP contribution >= 0.6 is 0 Å². The Morgan fingerprint density at radius 2 is 1.79 bits per heavy atom. The predicted octanol–water partition coefficient (Wildman–Crippen LogP) is 2.33. The Morgan fingerprint density at radius 1 is 1.00 bits per heavy atom. The summed E-state index contributed by atoms with van der Waals surface area (Å²) in [5.41, 5.74) is 0.105. The zero-order chi connectivity index (χ0) is 20.0. The second kappa shape index (κ2) is 6.96. The van der Waals surface area contributed by atoms with Crippen molar-refractivity contribution in [3.05, 3.63) is 42.4 Å². The van der Waals surface area contributed by atoms with Crippen LogP contribution < -0.4 is 4.90 Å². The summed E-state index contributed by atoms with van der Waals surface area (Å²) < 4.78 is 45.9. The molecule has 2 saturated heterocycles. The molecule has 0 amide bonds. The molecule has 2 fully saturated rings. The van der Waals surface area contributed by atoms with Crippen LogP contribution in [0.5, 0.6) is 0 Å². The fourth-order valence-corrected chi connectivity index (χ4v) is 3.71. The Kier molecular flexibility index (Phi) is 4.39. The highest BCUT2D eigenvalue weighted by molar-refractivity contribution is 5.59. The van der Waals surface area contributed by atoms with Gasteiger partial charge >= 0.3 is 6.18 Å². The molecule has 0 unspecified atom stereocenters. The first-order valence-corrected chi connectivity index (χ1v) is 9.43. The molecule has 7 nitrogen and oxygen atoms in total. The van der Waals surface area contributed by atoms with Crippen LogP contribution in [-0.2, 0) is 10.9 Å². The van der Waals surface area contributed by atoms with Gasteiger partial charge in [-0.2, -0.15) is 13.2 Å². The number of imidazole rings is 1. The van der Waals surface area contributed by atoms with Crippen molar-refractivity contribution >= 4 is 11.5 Å². The van der Waals surface area contributed by atoms with Gasteiger partial charge in [0.05, 0.1) is 31.0 Å². The van der Waals surface area contributed by atoms with E-state index in [4.69, 9.17) is 4.74 Å². The second-order valence-electron chi connectivity index (χ2n) is 7.24. The number of alkyl halides is 3. The SMILES string of the molecule is FC(F)(F)c1ccc2ncc(-c3nccc(N4CCN(C5COC5)CC4)n3)n2c1. The molecule has 0 saturated carbocycles. The summed E-state index contributed by atoms with van der Waals surface area (Å²) in [5.74, 6) is 1.12. The minimum atomic E-state index is -4.43. The minimum Gasteiger partial charge on any atom is -0.378 e. The number of ether oxygens (including phenoxy) is 1. The van der Waals surface area contributed by atoms with Crippen LogP contribution in [0.4, 0.5) is 19.0 Å². The average molecular weight is 404 g/mol. The fourth-order valence-electron chi connectivity index (χ4n) is 3.71. The Labute approximate surface area is 164 Å². The van der Waals surface area contributed by atoms with Crippen molar-refractivity contribution in [1.82, 2.24) is 24.3 Å². The predicted molar refractivity (Wildman–Crippen MR) is 99.6 cm³/mol. The van der Waals surface area contributed by atoms with E-state index in [-0.39, 0.29) is 0 Å². The standard InChI is InChI=1S/C19H19F3N6O/c20-19(21,22)13-1-2-16-24-9-15(28(16)10-13)18-23-4-3-17(25-18)27-7-5-26(6-8-27)14-11-29-12-14/h1-4,9-10,14H,5-8,11-12H2. The van der Waals surface area contributed by atoms with Crippen LogP contribution in [0.2, 0.25) is 0 Å². The quantitative estimate of drug-likeness (QED) is 0.668. The molecule has 0 radical (unpaired) electrons. The molecule has 0 spiro atoms. The van der Waals surface area contributed by atoms with Gasteiger partial charge < -0.3 is 9.64 Å².